The first-order chi connectivity index (χ1) is 8.31. The third-order valence-electron chi connectivity index (χ3n) is 2.69. The summed E-state index contributed by atoms with van der Waals surface area (Å²) in [6, 6.07) is 12.5. The molecule has 0 bridgehead atoms. The normalized spacial score (nSPS) is 10.2. The summed E-state index contributed by atoms with van der Waals surface area (Å²) in [5.74, 6) is 0. The van der Waals surface area contributed by atoms with Crippen molar-refractivity contribution in [1.29, 1.82) is 0 Å². The van der Waals surface area contributed by atoms with Gasteiger partial charge in [-0.1, -0.05) is 30.3 Å². The van der Waals surface area contributed by atoms with Crippen LogP contribution in [0.3, 0.4) is 0 Å². The summed E-state index contributed by atoms with van der Waals surface area (Å²) in [6.07, 6.45) is 3.66. The summed E-state index contributed by atoms with van der Waals surface area (Å²) in [5, 5.41) is 0. The molecule has 0 radical (unpaired) electrons. The van der Waals surface area contributed by atoms with E-state index in [-0.39, 0.29) is 0 Å². The largest absolute Gasteiger partial charge is 0.366 e. The fraction of sp³-hybridized carbons (Fsp3) is 0.214. The highest BCUT2D eigenvalue weighted by Crippen LogP contribution is 2.25. The molecule has 0 unspecified atom stereocenters. The Bertz CT molecular complexity index is 471. The quantitative estimate of drug-likeness (QED) is 0.850. The molecule has 0 saturated heterocycles. The summed E-state index contributed by atoms with van der Waals surface area (Å²) in [5.41, 5.74) is 2.50. The molecule has 0 amide bonds. The Morgan fingerprint density at radius 1 is 1.18 bits per heavy atom. The summed E-state index contributed by atoms with van der Waals surface area (Å²) < 4.78 is 1.04. The van der Waals surface area contributed by atoms with Gasteiger partial charge in [-0.05, 0) is 34.5 Å². The highest BCUT2D eigenvalue weighted by molar-refractivity contribution is 9.10. The van der Waals surface area contributed by atoms with Gasteiger partial charge in [-0.25, -0.2) is 0 Å². The Labute approximate surface area is 110 Å². The predicted molar refractivity (Wildman–Crippen MR) is 75.1 cm³/mol. The van der Waals surface area contributed by atoms with Crippen molar-refractivity contribution in [2.45, 2.75) is 13.5 Å². The average molecular weight is 291 g/mol. The molecule has 2 nitrogen and oxygen atoms in total. The molecule has 0 fully saturated rings. The SMILES string of the molecule is CCN(Cc1ccccc1)c1ccncc1Br. The lowest BCUT2D eigenvalue weighted by Crippen LogP contribution is -2.22. The van der Waals surface area contributed by atoms with E-state index in [4.69, 9.17) is 0 Å². The second-order valence-electron chi connectivity index (χ2n) is 3.83. The van der Waals surface area contributed by atoms with E-state index in [1.165, 1.54) is 11.3 Å². The smallest absolute Gasteiger partial charge is 0.0592 e. The zero-order valence-corrected chi connectivity index (χ0v) is 11.4. The number of rotatable bonds is 4. The standard InChI is InChI=1S/C14H15BrN2/c1-2-17(11-12-6-4-3-5-7-12)14-8-9-16-10-13(14)15/h3-10H,2,11H2,1H3. The van der Waals surface area contributed by atoms with Crippen LogP contribution in [0.25, 0.3) is 0 Å². The maximum atomic E-state index is 4.10. The minimum Gasteiger partial charge on any atom is -0.366 e. The second-order valence-corrected chi connectivity index (χ2v) is 4.68. The lowest BCUT2D eigenvalue weighted by molar-refractivity contribution is 0.828. The maximum absolute atomic E-state index is 4.10. The minimum atomic E-state index is 0.917. The Hall–Kier alpha value is -1.35. The third kappa shape index (κ3) is 3.07. The molecule has 3 heteroatoms. The van der Waals surface area contributed by atoms with Crippen LogP contribution >= 0.6 is 15.9 Å². The molecule has 0 aliphatic carbocycles. The van der Waals surface area contributed by atoms with E-state index in [2.05, 4.69) is 57.0 Å². The average Bonchev–Trinajstić information content (AvgIpc) is 2.38. The first-order valence-corrected chi connectivity index (χ1v) is 6.49. The molecular weight excluding hydrogens is 276 g/mol. The molecule has 0 spiro atoms. The van der Waals surface area contributed by atoms with E-state index in [1.807, 2.05) is 24.5 Å². The molecule has 0 saturated carbocycles. The van der Waals surface area contributed by atoms with Crippen LogP contribution in [0.2, 0.25) is 0 Å². The number of anilines is 1. The van der Waals surface area contributed by atoms with E-state index in [9.17, 15) is 0 Å². The van der Waals surface area contributed by atoms with E-state index in [1.54, 1.807) is 0 Å². The Morgan fingerprint density at radius 2 is 1.94 bits per heavy atom. The number of hydrogen-bond donors (Lipinski definition) is 0. The van der Waals surface area contributed by atoms with Gasteiger partial charge in [0, 0.05) is 25.5 Å². The summed E-state index contributed by atoms with van der Waals surface area (Å²) in [4.78, 5) is 6.42. The van der Waals surface area contributed by atoms with Crippen molar-refractivity contribution in [1.82, 2.24) is 4.98 Å². The van der Waals surface area contributed by atoms with Crippen molar-refractivity contribution >= 4 is 21.6 Å². The lowest BCUT2D eigenvalue weighted by atomic mass is 10.2. The number of halogens is 1. The monoisotopic (exact) mass is 290 g/mol. The van der Waals surface area contributed by atoms with Gasteiger partial charge in [0.05, 0.1) is 10.2 Å². The number of benzene rings is 1. The van der Waals surface area contributed by atoms with Crippen LogP contribution < -0.4 is 4.90 Å². The van der Waals surface area contributed by atoms with Crippen molar-refractivity contribution in [3.63, 3.8) is 0 Å². The summed E-state index contributed by atoms with van der Waals surface area (Å²) in [6.45, 7) is 4.05. The Morgan fingerprint density at radius 3 is 2.59 bits per heavy atom. The zero-order chi connectivity index (χ0) is 12.1. The molecule has 0 atom stereocenters. The number of pyridine rings is 1. The van der Waals surface area contributed by atoms with Crippen LogP contribution in [-0.2, 0) is 6.54 Å². The molecule has 17 heavy (non-hydrogen) atoms. The molecule has 0 aliphatic rings. The van der Waals surface area contributed by atoms with Gasteiger partial charge in [0.15, 0.2) is 0 Å². The Balaban J connectivity index is 2.21. The second kappa shape index (κ2) is 5.82. The van der Waals surface area contributed by atoms with Crippen LogP contribution in [0.15, 0.2) is 53.3 Å². The van der Waals surface area contributed by atoms with Crippen LogP contribution in [0.1, 0.15) is 12.5 Å². The molecule has 1 aromatic heterocycles. The minimum absolute atomic E-state index is 0.917. The topological polar surface area (TPSA) is 16.1 Å². The van der Waals surface area contributed by atoms with E-state index >= 15 is 0 Å². The van der Waals surface area contributed by atoms with Gasteiger partial charge in [0.1, 0.15) is 0 Å². The van der Waals surface area contributed by atoms with Gasteiger partial charge in [-0.15, -0.1) is 0 Å². The fourth-order valence-electron chi connectivity index (χ4n) is 1.80. The molecule has 2 aromatic rings. The van der Waals surface area contributed by atoms with Crippen molar-refractivity contribution in [3.05, 3.63) is 58.8 Å². The number of hydrogen-bond acceptors (Lipinski definition) is 2. The van der Waals surface area contributed by atoms with Crippen molar-refractivity contribution in [2.24, 2.45) is 0 Å². The van der Waals surface area contributed by atoms with Gasteiger partial charge in [-0.3, -0.25) is 4.98 Å². The van der Waals surface area contributed by atoms with E-state index in [0.29, 0.717) is 0 Å². The van der Waals surface area contributed by atoms with Gasteiger partial charge >= 0.3 is 0 Å². The van der Waals surface area contributed by atoms with Crippen LogP contribution in [0, 0.1) is 0 Å². The van der Waals surface area contributed by atoms with Gasteiger partial charge in [-0.2, -0.15) is 0 Å². The fourth-order valence-corrected chi connectivity index (χ4v) is 2.30. The molecule has 0 aliphatic heterocycles. The first-order valence-electron chi connectivity index (χ1n) is 5.69. The van der Waals surface area contributed by atoms with Gasteiger partial charge in [0.25, 0.3) is 0 Å². The maximum Gasteiger partial charge on any atom is 0.0592 e. The third-order valence-corrected chi connectivity index (χ3v) is 3.30. The predicted octanol–water partition coefficient (Wildman–Crippen LogP) is 3.87. The van der Waals surface area contributed by atoms with E-state index in [0.717, 1.165) is 17.6 Å². The van der Waals surface area contributed by atoms with Gasteiger partial charge in [0.2, 0.25) is 0 Å². The molecule has 1 heterocycles. The van der Waals surface area contributed by atoms with Crippen LogP contribution in [0.5, 0.6) is 0 Å². The Kier molecular flexibility index (Phi) is 4.15. The van der Waals surface area contributed by atoms with Crippen LogP contribution in [0.4, 0.5) is 5.69 Å². The highest BCUT2D eigenvalue weighted by Gasteiger charge is 2.08. The first kappa shape index (κ1) is 12.1. The zero-order valence-electron chi connectivity index (χ0n) is 9.81. The highest BCUT2D eigenvalue weighted by atomic mass is 79.9. The molecule has 1 aromatic carbocycles. The number of aromatic nitrogens is 1. The van der Waals surface area contributed by atoms with Crippen molar-refractivity contribution in [3.8, 4) is 0 Å². The van der Waals surface area contributed by atoms with Crippen LogP contribution in [-0.4, -0.2) is 11.5 Å². The number of nitrogens with zero attached hydrogens (tertiary/aromatic N) is 2. The molecule has 88 valence electrons. The molecule has 2 rings (SSSR count). The molecule has 0 N–H and O–H groups in total. The lowest BCUT2D eigenvalue weighted by Gasteiger charge is -2.24. The van der Waals surface area contributed by atoms with Crippen molar-refractivity contribution < 1.29 is 0 Å². The van der Waals surface area contributed by atoms with E-state index < -0.39 is 0 Å². The van der Waals surface area contributed by atoms with Gasteiger partial charge < -0.3 is 4.90 Å². The summed E-state index contributed by atoms with van der Waals surface area (Å²) in [7, 11) is 0. The molecular formula is C14H15BrN2. The summed E-state index contributed by atoms with van der Waals surface area (Å²) >= 11 is 3.55. The van der Waals surface area contributed by atoms with Crippen molar-refractivity contribution in [2.75, 3.05) is 11.4 Å².